The number of ether oxygens (including phenoxy) is 1. The van der Waals surface area contributed by atoms with Gasteiger partial charge < -0.3 is 10.5 Å². The first-order chi connectivity index (χ1) is 16.1. The Morgan fingerprint density at radius 2 is 1.85 bits per heavy atom. The van der Waals surface area contributed by atoms with Crippen molar-refractivity contribution in [3.8, 4) is 11.5 Å². The van der Waals surface area contributed by atoms with E-state index in [4.69, 9.17) is 22.1 Å². The Labute approximate surface area is 196 Å². The Kier molecular flexibility index (Phi) is 6.05. The highest BCUT2D eigenvalue weighted by atomic mass is 35.5. The summed E-state index contributed by atoms with van der Waals surface area (Å²) in [7, 11) is 0. The third-order valence-corrected chi connectivity index (χ3v) is 5.36. The number of aryl methyl sites for hydroxylation is 1. The molecule has 4 rings (SSSR count). The second kappa shape index (κ2) is 8.82. The van der Waals surface area contributed by atoms with Crippen molar-refractivity contribution in [3.63, 3.8) is 0 Å². The van der Waals surface area contributed by atoms with Gasteiger partial charge in [0.2, 0.25) is 0 Å². The molecule has 1 aliphatic heterocycles. The van der Waals surface area contributed by atoms with Crippen molar-refractivity contribution in [2.75, 3.05) is 22.1 Å². The first-order valence-electron chi connectivity index (χ1n) is 9.97. The normalized spacial score (nSPS) is 14.1. The molecule has 0 bridgehead atoms. The summed E-state index contributed by atoms with van der Waals surface area (Å²) in [6.45, 7) is 1.43. The van der Waals surface area contributed by atoms with Gasteiger partial charge in [-0.3, -0.25) is 14.7 Å². The second-order valence-electron chi connectivity index (χ2n) is 7.31. The average Bonchev–Trinajstić information content (AvgIpc) is 3.10. The van der Waals surface area contributed by atoms with Crippen LogP contribution in [0.25, 0.3) is 0 Å². The molecule has 1 aliphatic rings. The van der Waals surface area contributed by atoms with Gasteiger partial charge in [0, 0.05) is 12.3 Å². The van der Waals surface area contributed by atoms with E-state index in [1.54, 1.807) is 12.1 Å². The monoisotopic (exact) mass is 491 g/mol. The minimum atomic E-state index is -4.64. The lowest BCUT2D eigenvalue weighted by atomic mass is 10.1. The number of carbonyl (C=O) groups is 2. The lowest BCUT2D eigenvalue weighted by Crippen LogP contribution is -2.33. The van der Waals surface area contributed by atoms with Gasteiger partial charge in [-0.2, -0.15) is 13.2 Å². The number of aromatic nitrogens is 2. The van der Waals surface area contributed by atoms with Crippen LogP contribution in [0.15, 0.2) is 48.9 Å². The number of anilines is 3. The summed E-state index contributed by atoms with van der Waals surface area (Å²) in [6.07, 6.45) is -1.05. The molecule has 3 amide bonds. The molecule has 0 atom stereocenters. The number of hydrogen-bond donors (Lipinski definition) is 1. The SMILES string of the molecule is CCc1cc(N2C(=O)CN(c3cncc(C(F)(F)F)c3)C2=O)ccc1Oc1cc(N)ncc1Cl. The summed E-state index contributed by atoms with van der Waals surface area (Å²) in [6, 6.07) is 6.11. The molecule has 3 aromatic rings. The predicted molar refractivity (Wildman–Crippen MR) is 119 cm³/mol. The lowest BCUT2D eigenvalue weighted by Gasteiger charge is -2.19. The summed E-state index contributed by atoms with van der Waals surface area (Å²) >= 11 is 6.11. The predicted octanol–water partition coefficient (Wildman–Crippen LogP) is 5.06. The molecule has 0 aliphatic carbocycles. The fourth-order valence-corrected chi connectivity index (χ4v) is 3.54. The third-order valence-electron chi connectivity index (χ3n) is 5.07. The number of nitrogens with zero attached hydrogens (tertiary/aromatic N) is 4. The van der Waals surface area contributed by atoms with E-state index in [0.717, 1.165) is 22.1 Å². The molecule has 1 aromatic carbocycles. The lowest BCUT2D eigenvalue weighted by molar-refractivity contribution is -0.137. The van der Waals surface area contributed by atoms with Gasteiger partial charge in [0.25, 0.3) is 5.91 Å². The molecule has 0 spiro atoms. The molecular formula is C22H17ClF3N5O3. The number of halogens is 4. The molecule has 2 aromatic heterocycles. The summed E-state index contributed by atoms with van der Waals surface area (Å²) in [5, 5.41) is 0.246. The van der Waals surface area contributed by atoms with Crippen molar-refractivity contribution in [1.82, 2.24) is 9.97 Å². The van der Waals surface area contributed by atoms with E-state index in [0.29, 0.717) is 23.9 Å². The second-order valence-corrected chi connectivity index (χ2v) is 7.72. The topological polar surface area (TPSA) is 102 Å². The van der Waals surface area contributed by atoms with Gasteiger partial charge in [-0.15, -0.1) is 0 Å². The molecule has 1 saturated heterocycles. The van der Waals surface area contributed by atoms with Gasteiger partial charge in [0.1, 0.15) is 23.1 Å². The smallest absolute Gasteiger partial charge is 0.417 e. The number of carbonyl (C=O) groups excluding carboxylic acids is 2. The Morgan fingerprint density at radius 1 is 1.09 bits per heavy atom. The fourth-order valence-electron chi connectivity index (χ4n) is 3.40. The van der Waals surface area contributed by atoms with Crippen LogP contribution in [0.2, 0.25) is 5.02 Å². The van der Waals surface area contributed by atoms with Crippen LogP contribution < -0.4 is 20.3 Å². The Morgan fingerprint density at radius 3 is 2.56 bits per heavy atom. The summed E-state index contributed by atoms with van der Waals surface area (Å²) < 4.78 is 45.0. The van der Waals surface area contributed by atoms with Crippen LogP contribution in [0.1, 0.15) is 18.1 Å². The molecule has 0 unspecified atom stereocenters. The van der Waals surface area contributed by atoms with E-state index in [2.05, 4.69) is 9.97 Å². The summed E-state index contributed by atoms with van der Waals surface area (Å²) in [5.74, 6) is 0.333. The van der Waals surface area contributed by atoms with Crippen LogP contribution in [-0.4, -0.2) is 28.5 Å². The van der Waals surface area contributed by atoms with Crippen molar-refractivity contribution in [2.24, 2.45) is 0 Å². The van der Waals surface area contributed by atoms with E-state index in [9.17, 15) is 22.8 Å². The number of rotatable bonds is 5. The first-order valence-corrected chi connectivity index (χ1v) is 10.3. The average molecular weight is 492 g/mol. The van der Waals surface area contributed by atoms with Gasteiger partial charge in [-0.25, -0.2) is 14.7 Å². The van der Waals surface area contributed by atoms with Gasteiger partial charge >= 0.3 is 12.2 Å². The van der Waals surface area contributed by atoms with Crippen molar-refractivity contribution < 1.29 is 27.5 Å². The van der Waals surface area contributed by atoms with E-state index in [-0.39, 0.29) is 28.0 Å². The molecular weight excluding hydrogens is 475 g/mol. The van der Waals surface area contributed by atoms with E-state index >= 15 is 0 Å². The van der Waals surface area contributed by atoms with E-state index in [1.165, 1.54) is 18.3 Å². The molecule has 34 heavy (non-hydrogen) atoms. The number of urea groups is 1. The highest BCUT2D eigenvalue weighted by molar-refractivity contribution is 6.32. The highest BCUT2D eigenvalue weighted by Crippen LogP contribution is 2.36. The standard InChI is InChI=1S/C22H17ClF3N5O3/c1-2-12-5-14(3-4-17(12)34-18-7-19(27)29-10-16(18)23)31-20(32)11-30(21(31)33)15-6-13(8-28-9-15)22(24,25)26/h3-10H,2,11H2,1H3,(H2,27,29). The maximum absolute atomic E-state index is 13.0. The van der Waals surface area contributed by atoms with Crippen LogP contribution in [0.3, 0.4) is 0 Å². The number of nitrogen functional groups attached to an aromatic ring is 1. The van der Waals surface area contributed by atoms with E-state index in [1.807, 2.05) is 6.92 Å². The number of imide groups is 1. The van der Waals surface area contributed by atoms with Crippen molar-refractivity contribution >= 4 is 40.7 Å². The van der Waals surface area contributed by atoms with Gasteiger partial charge in [0.15, 0.2) is 5.75 Å². The van der Waals surface area contributed by atoms with Crippen LogP contribution >= 0.6 is 11.6 Å². The van der Waals surface area contributed by atoms with Crippen LogP contribution in [0, 0.1) is 0 Å². The zero-order chi connectivity index (χ0) is 24.6. The van der Waals surface area contributed by atoms with Crippen LogP contribution in [-0.2, 0) is 17.4 Å². The first kappa shape index (κ1) is 23.3. The number of amides is 3. The number of benzene rings is 1. The zero-order valence-electron chi connectivity index (χ0n) is 17.6. The van der Waals surface area contributed by atoms with Crippen molar-refractivity contribution in [2.45, 2.75) is 19.5 Å². The number of alkyl halides is 3. The maximum atomic E-state index is 13.0. The van der Waals surface area contributed by atoms with Crippen LogP contribution in [0.4, 0.5) is 35.2 Å². The zero-order valence-corrected chi connectivity index (χ0v) is 18.4. The van der Waals surface area contributed by atoms with Gasteiger partial charge in [-0.1, -0.05) is 18.5 Å². The number of hydrogen-bond acceptors (Lipinski definition) is 6. The Bertz CT molecular complexity index is 1280. The molecule has 2 N–H and O–H groups in total. The van der Waals surface area contributed by atoms with Gasteiger partial charge in [-0.05, 0) is 36.2 Å². The van der Waals surface area contributed by atoms with Crippen molar-refractivity contribution in [3.05, 3.63) is 65.1 Å². The quantitative estimate of drug-likeness (QED) is 0.501. The summed E-state index contributed by atoms with van der Waals surface area (Å²) in [4.78, 5) is 34.9. The van der Waals surface area contributed by atoms with Gasteiger partial charge in [0.05, 0.1) is 29.3 Å². The molecule has 176 valence electrons. The molecule has 12 heteroatoms. The number of pyridine rings is 2. The molecule has 0 radical (unpaired) electrons. The minimum absolute atomic E-state index is 0.128. The minimum Gasteiger partial charge on any atom is -0.455 e. The number of nitrogens with two attached hydrogens (primary N) is 1. The fraction of sp³-hybridized carbons (Fsp3) is 0.182. The Hall–Kier alpha value is -3.86. The third kappa shape index (κ3) is 4.46. The van der Waals surface area contributed by atoms with Crippen molar-refractivity contribution in [1.29, 1.82) is 0 Å². The Balaban J connectivity index is 1.63. The maximum Gasteiger partial charge on any atom is 0.417 e. The highest BCUT2D eigenvalue weighted by Gasteiger charge is 2.39. The molecule has 8 nitrogen and oxygen atoms in total. The van der Waals surface area contributed by atoms with Crippen LogP contribution in [0.5, 0.6) is 11.5 Å². The van der Waals surface area contributed by atoms with E-state index < -0.39 is 30.2 Å². The summed E-state index contributed by atoms with van der Waals surface area (Å²) in [5.41, 5.74) is 5.44. The largest absolute Gasteiger partial charge is 0.455 e. The molecule has 1 fully saturated rings. The molecule has 3 heterocycles. The molecule has 0 saturated carbocycles.